The maximum atomic E-state index is 15.1. The van der Waals surface area contributed by atoms with Crippen molar-refractivity contribution in [3.63, 3.8) is 0 Å². The second kappa shape index (κ2) is 9.72. The molecule has 1 aromatic heterocycles. The first-order valence-electron chi connectivity index (χ1n) is 11.6. The van der Waals surface area contributed by atoms with Crippen LogP contribution < -0.4 is 11.0 Å². The van der Waals surface area contributed by atoms with Crippen LogP contribution in [0.2, 0.25) is 0 Å². The van der Waals surface area contributed by atoms with Crippen molar-refractivity contribution in [1.82, 2.24) is 19.9 Å². The number of amides is 1. The highest BCUT2D eigenvalue weighted by Gasteiger charge is 2.43. The number of aryl methyl sites for hydroxylation is 1. The van der Waals surface area contributed by atoms with E-state index in [0.29, 0.717) is 22.7 Å². The lowest BCUT2D eigenvalue weighted by Gasteiger charge is -2.25. The Labute approximate surface area is 208 Å². The molecule has 1 fully saturated rings. The number of hydroxylamine groups is 1. The van der Waals surface area contributed by atoms with Crippen LogP contribution >= 0.6 is 0 Å². The second-order valence-electron chi connectivity index (χ2n) is 9.63. The van der Waals surface area contributed by atoms with E-state index in [-0.39, 0.29) is 18.4 Å². The van der Waals surface area contributed by atoms with E-state index in [1.807, 2.05) is 24.3 Å². The number of benzene rings is 2. The third-order valence-corrected chi connectivity index (χ3v) is 9.04. The Morgan fingerprint density at radius 1 is 1.28 bits per heavy atom. The summed E-state index contributed by atoms with van der Waals surface area (Å²) in [5.41, 5.74) is 3.21. The van der Waals surface area contributed by atoms with E-state index in [1.54, 1.807) is 0 Å². The molecule has 4 rings (SSSR count). The fourth-order valence-electron chi connectivity index (χ4n) is 4.20. The van der Waals surface area contributed by atoms with Crippen molar-refractivity contribution < 1.29 is 22.8 Å². The van der Waals surface area contributed by atoms with Crippen molar-refractivity contribution in [3.05, 3.63) is 64.5 Å². The monoisotopic (exact) mass is 516 g/mol. The summed E-state index contributed by atoms with van der Waals surface area (Å²) < 4.78 is 38.6. The molecule has 1 saturated carbocycles. The summed E-state index contributed by atoms with van der Waals surface area (Å²) in [6.45, 7) is 1.80. The quantitative estimate of drug-likeness (QED) is 0.331. The van der Waals surface area contributed by atoms with Crippen LogP contribution in [-0.2, 0) is 27.7 Å². The number of sulfone groups is 1. The number of aromatic nitrogens is 2. The van der Waals surface area contributed by atoms with Gasteiger partial charge in [0.1, 0.15) is 5.82 Å². The van der Waals surface area contributed by atoms with Gasteiger partial charge in [0.15, 0.2) is 14.6 Å². The van der Waals surface area contributed by atoms with Crippen LogP contribution in [0.15, 0.2) is 47.5 Å². The van der Waals surface area contributed by atoms with Crippen molar-refractivity contribution in [1.29, 1.82) is 0 Å². The fraction of sp³-hybridized carbons (Fsp3) is 0.400. The Bertz CT molecular complexity index is 1470. The molecule has 1 atom stereocenters. The highest BCUT2D eigenvalue weighted by Crippen LogP contribution is 2.29. The number of carbonyl (C=O) groups excluding carboxylic acids is 1. The number of hydrogen-bond donors (Lipinski definition) is 2. The van der Waals surface area contributed by atoms with Crippen molar-refractivity contribution in [2.45, 2.75) is 50.1 Å². The summed E-state index contributed by atoms with van der Waals surface area (Å²) in [6.07, 6.45) is 4.26. The predicted molar refractivity (Wildman–Crippen MR) is 134 cm³/mol. The van der Waals surface area contributed by atoms with Crippen molar-refractivity contribution >= 4 is 26.6 Å². The van der Waals surface area contributed by atoms with Crippen LogP contribution in [-0.4, -0.2) is 58.1 Å². The zero-order valence-electron chi connectivity index (χ0n) is 20.4. The smallest absolute Gasteiger partial charge is 0.264 e. The Morgan fingerprint density at radius 2 is 1.94 bits per heavy atom. The van der Waals surface area contributed by atoms with Gasteiger partial charge >= 0.3 is 0 Å². The molecule has 0 saturated heterocycles. The number of nitrogens with one attached hydrogen (secondary N) is 1. The first-order valence-corrected chi connectivity index (χ1v) is 13.5. The molecule has 192 valence electrons. The van der Waals surface area contributed by atoms with Gasteiger partial charge in [-0.25, -0.2) is 23.3 Å². The van der Waals surface area contributed by atoms with E-state index in [2.05, 4.69) is 16.9 Å². The molecule has 0 radical (unpaired) electrons. The summed E-state index contributed by atoms with van der Waals surface area (Å²) in [5.74, 6) is -1.68. The number of nitrogens with zero attached hydrogens (tertiary/aromatic N) is 3. The second-order valence-corrected chi connectivity index (χ2v) is 12.1. The minimum Gasteiger partial charge on any atom is -0.299 e. The first kappa shape index (κ1) is 25.9. The topological polar surface area (TPSA) is 122 Å². The standard InChI is InChI=1S/C25H29FN4O5S/c1-25(24(32)28-33,36(3,34)35)10-11-30-15-27-22-13-19(21(26)12-20(22)23(30)31)17-6-4-16(5-7-17)14-29(2)18-8-9-18/h4-7,12-13,15,18,33H,8-11,14H2,1-3H3,(H,28,32)/t25-/m0/s1. The molecule has 2 N–H and O–H groups in total. The summed E-state index contributed by atoms with van der Waals surface area (Å²) in [5, 5.41) is 9.00. The maximum absolute atomic E-state index is 15.1. The molecule has 2 aromatic carbocycles. The minimum atomic E-state index is -3.93. The lowest BCUT2D eigenvalue weighted by molar-refractivity contribution is -0.131. The molecule has 0 spiro atoms. The van der Waals surface area contributed by atoms with Crippen molar-refractivity contribution in [3.8, 4) is 11.1 Å². The first-order chi connectivity index (χ1) is 16.9. The summed E-state index contributed by atoms with van der Waals surface area (Å²) >= 11 is 0. The summed E-state index contributed by atoms with van der Waals surface area (Å²) in [6, 6.07) is 10.9. The fourth-order valence-corrected chi connectivity index (χ4v) is 5.05. The van der Waals surface area contributed by atoms with Crippen LogP contribution in [0, 0.1) is 5.82 Å². The molecule has 3 aromatic rings. The lowest BCUT2D eigenvalue weighted by Crippen LogP contribution is -2.50. The highest BCUT2D eigenvalue weighted by molar-refractivity contribution is 7.92. The Morgan fingerprint density at radius 3 is 2.53 bits per heavy atom. The van der Waals surface area contributed by atoms with Gasteiger partial charge in [-0.3, -0.25) is 24.3 Å². The molecule has 0 aliphatic heterocycles. The number of hydrogen-bond acceptors (Lipinski definition) is 7. The number of halogens is 1. The van der Waals surface area contributed by atoms with Gasteiger partial charge in [-0.2, -0.15) is 0 Å². The predicted octanol–water partition coefficient (Wildman–Crippen LogP) is 2.50. The zero-order chi connectivity index (χ0) is 26.3. The molecule has 0 bridgehead atoms. The van der Waals surface area contributed by atoms with E-state index < -0.39 is 31.9 Å². The van der Waals surface area contributed by atoms with Crippen LogP contribution in [0.25, 0.3) is 22.0 Å². The van der Waals surface area contributed by atoms with E-state index in [4.69, 9.17) is 5.21 Å². The number of rotatable bonds is 9. The van der Waals surface area contributed by atoms with Crippen LogP contribution in [0.4, 0.5) is 4.39 Å². The van der Waals surface area contributed by atoms with Gasteiger partial charge in [0.2, 0.25) is 0 Å². The molecule has 9 nitrogen and oxygen atoms in total. The maximum Gasteiger partial charge on any atom is 0.264 e. The largest absolute Gasteiger partial charge is 0.299 e. The summed E-state index contributed by atoms with van der Waals surface area (Å²) in [4.78, 5) is 31.6. The molecule has 1 aliphatic carbocycles. The highest BCUT2D eigenvalue weighted by atomic mass is 32.2. The van der Waals surface area contributed by atoms with Crippen molar-refractivity contribution in [2.75, 3.05) is 13.3 Å². The van der Waals surface area contributed by atoms with Gasteiger partial charge in [0, 0.05) is 31.0 Å². The van der Waals surface area contributed by atoms with Crippen molar-refractivity contribution in [2.24, 2.45) is 0 Å². The third kappa shape index (κ3) is 5.04. The van der Waals surface area contributed by atoms with Gasteiger partial charge in [-0.1, -0.05) is 24.3 Å². The molecular weight excluding hydrogens is 487 g/mol. The molecule has 1 amide bonds. The van der Waals surface area contributed by atoms with E-state index >= 15 is 4.39 Å². The van der Waals surface area contributed by atoms with Crippen LogP contribution in [0.3, 0.4) is 0 Å². The van der Waals surface area contributed by atoms with E-state index in [0.717, 1.165) is 35.9 Å². The zero-order valence-corrected chi connectivity index (χ0v) is 21.2. The normalized spacial score (nSPS) is 15.7. The molecule has 1 aliphatic rings. The summed E-state index contributed by atoms with van der Waals surface area (Å²) in [7, 11) is -1.83. The van der Waals surface area contributed by atoms with E-state index in [1.165, 1.54) is 30.7 Å². The molecule has 0 unspecified atom stereocenters. The molecular formula is C25H29FN4O5S. The Hall–Kier alpha value is -3.15. The van der Waals surface area contributed by atoms with E-state index in [9.17, 15) is 18.0 Å². The van der Waals surface area contributed by atoms with Crippen LogP contribution in [0.5, 0.6) is 0 Å². The third-order valence-electron chi connectivity index (χ3n) is 7.01. The van der Waals surface area contributed by atoms with Gasteiger partial charge < -0.3 is 0 Å². The average Bonchev–Trinajstić information content (AvgIpc) is 3.68. The Kier molecular flexibility index (Phi) is 7.00. The van der Waals surface area contributed by atoms with Crippen LogP contribution in [0.1, 0.15) is 31.7 Å². The molecule has 36 heavy (non-hydrogen) atoms. The number of fused-ring (bicyclic) bond motifs is 1. The van der Waals surface area contributed by atoms with Gasteiger partial charge in [-0.15, -0.1) is 0 Å². The molecule has 11 heteroatoms. The van der Waals surface area contributed by atoms with Gasteiger partial charge in [0.25, 0.3) is 11.5 Å². The molecule has 1 heterocycles. The minimum absolute atomic E-state index is 0.0362. The Balaban J connectivity index is 1.59. The van der Waals surface area contributed by atoms with Gasteiger partial charge in [-0.05, 0) is 56.5 Å². The lowest BCUT2D eigenvalue weighted by atomic mass is 10.0. The SMILES string of the molecule is CN(Cc1ccc(-c2cc3ncn(CC[C@@](C)(C(=O)NO)S(C)(=O)=O)c(=O)c3cc2F)cc1)C1CC1. The van der Waals surface area contributed by atoms with Gasteiger partial charge in [0.05, 0.1) is 17.2 Å². The number of carbonyl (C=O) groups is 1. The average molecular weight is 517 g/mol.